The van der Waals surface area contributed by atoms with E-state index in [1.54, 1.807) is 0 Å². The second kappa shape index (κ2) is 5.02. The Kier molecular flexibility index (Phi) is 3.96. The first-order chi connectivity index (χ1) is 6.22. The van der Waals surface area contributed by atoms with E-state index >= 15 is 0 Å². The van der Waals surface area contributed by atoms with E-state index in [0.717, 1.165) is 19.6 Å². The zero-order valence-corrected chi connectivity index (χ0v) is 8.16. The van der Waals surface area contributed by atoms with Crippen LogP contribution in [-0.4, -0.2) is 25.3 Å². The monoisotopic (exact) mass is 184 g/mol. The highest BCUT2D eigenvalue weighted by atomic mass is 16.5. The van der Waals surface area contributed by atoms with Gasteiger partial charge in [0.2, 0.25) is 0 Å². The molecule has 0 aromatic heterocycles. The van der Waals surface area contributed by atoms with Crippen LogP contribution in [0.4, 0.5) is 0 Å². The molecule has 0 saturated heterocycles. The Bertz CT molecular complexity index is 198. The molecule has 0 amide bonds. The van der Waals surface area contributed by atoms with Gasteiger partial charge in [-0.15, -0.1) is 0 Å². The predicted octanol–water partition coefficient (Wildman–Crippen LogP) is 1.53. The van der Waals surface area contributed by atoms with Gasteiger partial charge in [0.15, 0.2) is 0 Å². The van der Waals surface area contributed by atoms with Crippen LogP contribution in [0.2, 0.25) is 0 Å². The summed E-state index contributed by atoms with van der Waals surface area (Å²) in [5.41, 5.74) is 0. The Morgan fingerprint density at radius 2 is 2.31 bits per heavy atom. The van der Waals surface area contributed by atoms with Gasteiger partial charge in [-0.3, -0.25) is 4.79 Å². The SMILES string of the molecule is CCOCC1C=CC(OC(C)=O)C1. The third kappa shape index (κ3) is 3.59. The molecule has 3 heteroatoms. The summed E-state index contributed by atoms with van der Waals surface area (Å²) in [7, 11) is 0. The molecule has 0 aromatic carbocycles. The minimum atomic E-state index is -0.216. The van der Waals surface area contributed by atoms with Gasteiger partial charge in [0.25, 0.3) is 0 Å². The number of esters is 1. The second-order valence-corrected chi connectivity index (χ2v) is 3.19. The van der Waals surface area contributed by atoms with Gasteiger partial charge >= 0.3 is 5.97 Å². The van der Waals surface area contributed by atoms with Crippen molar-refractivity contribution < 1.29 is 14.3 Å². The van der Waals surface area contributed by atoms with Gasteiger partial charge in [-0.1, -0.05) is 6.08 Å². The molecule has 0 bridgehead atoms. The van der Waals surface area contributed by atoms with E-state index in [4.69, 9.17) is 9.47 Å². The third-order valence-corrected chi connectivity index (χ3v) is 1.99. The van der Waals surface area contributed by atoms with Crippen molar-refractivity contribution in [3.8, 4) is 0 Å². The van der Waals surface area contributed by atoms with Crippen LogP contribution >= 0.6 is 0 Å². The van der Waals surface area contributed by atoms with Crippen LogP contribution in [0.25, 0.3) is 0 Å². The third-order valence-electron chi connectivity index (χ3n) is 1.99. The Morgan fingerprint density at radius 3 is 2.92 bits per heavy atom. The van der Waals surface area contributed by atoms with E-state index in [0.29, 0.717) is 5.92 Å². The van der Waals surface area contributed by atoms with Gasteiger partial charge in [0.1, 0.15) is 6.10 Å². The quantitative estimate of drug-likeness (QED) is 0.491. The van der Waals surface area contributed by atoms with Crippen LogP contribution in [-0.2, 0) is 14.3 Å². The lowest BCUT2D eigenvalue weighted by Crippen LogP contribution is -2.14. The summed E-state index contributed by atoms with van der Waals surface area (Å²) in [6, 6.07) is 0. The topological polar surface area (TPSA) is 35.5 Å². The minimum absolute atomic E-state index is 0.0389. The maximum atomic E-state index is 10.6. The average Bonchev–Trinajstić information content (AvgIpc) is 2.48. The van der Waals surface area contributed by atoms with Crippen molar-refractivity contribution in [2.45, 2.75) is 26.4 Å². The number of rotatable bonds is 4. The summed E-state index contributed by atoms with van der Waals surface area (Å²) >= 11 is 0. The Labute approximate surface area is 78.7 Å². The van der Waals surface area contributed by atoms with Crippen LogP contribution in [0.1, 0.15) is 20.3 Å². The molecule has 0 fully saturated rings. The molecule has 13 heavy (non-hydrogen) atoms. The zero-order valence-electron chi connectivity index (χ0n) is 8.16. The first kappa shape index (κ1) is 10.3. The van der Waals surface area contributed by atoms with Crippen LogP contribution in [0.5, 0.6) is 0 Å². The van der Waals surface area contributed by atoms with E-state index in [-0.39, 0.29) is 12.1 Å². The summed E-state index contributed by atoms with van der Waals surface area (Å²) in [5.74, 6) is 0.191. The molecule has 0 spiro atoms. The fourth-order valence-corrected chi connectivity index (χ4v) is 1.43. The number of carbonyl (C=O) groups is 1. The molecular formula is C10H16O3. The van der Waals surface area contributed by atoms with E-state index < -0.39 is 0 Å². The number of hydrogen-bond donors (Lipinski definition) is 0. The van der Waals surface area contributed by atoms with Crippen LogP contribution in [0.15, 0.2) is 12.2 Å². The van der Waals surface area contributed by atoms with Gasteiger partial charge in [-0.2, -0.15) is 0 Å². The minimum Gasteiger partial charge on any atom is -0.458 e. The molecule has 74 valence electrons. The van der Waals surface area contributed by atoms with Gasteiger partial charge in [0.05, 0.1) is 6.61 Å². The largest absolute Gasteiger partial charge is 0.458 e. The number of hydrogen-bond acceptors (Lipinski definition) is 3. The van der Waals surface area contributed by atoms with Crippen molar-refractivity contribution in [2.75, 3.05) is 13.2 Å². The Morgan fingerprint density at radius 1 is 1.54 bits per heavy atom. The molecule has 0 aromatic rings. The normalized spacial score (nSPS) is 26.3. The van der Waals surface area contributed by atoms with Gasteiger partial charge < -0.3 is 9.47 Å². The predicted molar refractivity (Wildman–Crippen MR) is 49.3 cm³/mol. The molecule has 0 radical (unpaired) electrons. The number of ether oxygens (including phenoxy) is 2. The van der Waals surface area contributed by atoms with Crippen molar-refractivity contribution in [2.24, 2.45) is 5.92 Å². The fourth-order valence-electron chi connectivity index (χ4n) is 1.43. The second-order valence-electron chi connectivity index (χ2n) is 3.19. The summed E-state index contributed by atoms with van der Waals surface area (Å²) < 4.78 is 10.3. The molecule has 1 rings (SSSR count). The lowest BCUT2D eigenvalue weighted by atomic mass is 10.1. The average molecular weight is 184 g/mol. The fraction of sp³-hybridized carbons (Fsp3) is 0.700. The first-order valence-corrected chi connectivity index (χ1v) is 4.65. The van der Waals surface area contributed by atoms with E-state index in [9.17, 15) is 4.79 Å². The number of carbonyl (C=O) groups excluding carboxylic acids is 1. The van der Waals surface area contributed by atoms with E-state index in [2.05, 4.69) is 6.08 Å². The van der Waals surface area contributed by atoms with Gasteiger partial charge in [0, 0.05) is 19.4 Å². The highest BCUT2D eigenvalue weighted by molar-refractivity contribution is 5.66. The summed E-state index contributed by atoms with van der Waals surface area (Å²) in [6.45, 7) is 4.87. The van der Waals surface area contributed by atoms with Crippen LogP contribution in [0.3, 0.4) is 0 Å². The Balaban J connectivity index is 2.21. The first-order valence-electron chi connectivity index (χ1n) is 4.65. The maximum absolute atomic E-state index is 10.6. The standard InChI is InChI=1S/C10H16O3/c1-3-12-7-9-4-5-10(6-9)13-8(2)11/h4-5,9-10H,3,6-7H2,1-2H3. The van der Waals surface area contributed by atoms with Crippen molar-refractivity contribution in [3.05, 3.63) is 12.2 Å². The maximum Gasteiger partial charge on any atom is 0.303 e. The smallest absolute Gasteiger partial charge is 0.303 e. The van der Waals surface area contributed by atoms with E-state index in [1.807, 2.05) is 13.0 Å². The van der Waals surface area contributed by atoms with Crippen molar-refractivity contribution in [1.29, 1.82) is 0 Å². The molecular weight excluding hydrogens is 168 g/mol. The Hall–Kier alpha value is -0.830. The zero-order chi connectivity index (χ0) is 9.68. The lowest BCUT2D eigenvalue weighted by molar-refractivity contribution is -0.144. The molecule has 1 aliphatic carbocycles. The van der Waals surface area contributed by atoms with Crippen molar-refractivity contribution in [3.63, 3.8) is 0 Å². The lowest BCUT2D eigenvalue weighted by Gasteiger charge is -2.11. The molecule has 3 nitrogen and oxygen atoms in total. The van der Waals surface area contributed by atoms with Crippen molar-refractivity contribution >= 4 is 5.97 Å². The van der Waals surface area contributed by atoms with Gasteiger partial charge in [-0.25, -0.2) is 0 Å². The molecule has 1 aliphatic rings. The molecule has 0 aliphatic heterocycles. The van der Waals surface area contributed by atoms with Crippen LogP contribution in [0, 0.1) is 5.92 Å². The summed E-state index contributed by atoms with van der Waals surface area (Å²) in [6.07, 6.45) is 4.82. The summed E-state index contributed by atoms with van der Waals surface area (Å²) in [5, 5.41) is 0. The van der Waals surface area contributed by atoms with Gasteiger partial charge in [-0.05, 0) is 19.4 Å². The highest BCUT2D eigenvalue weighted by Crippen LogP contribution is 2.20. The molecule has 0 heterocycles. The van der Waals surface area contributed by atoms with E-state index in [1.165, 1.54) is 6.92 Å². The molecule has 0 N–H and O–H groups in total. The highest BCUT2D eigenvalue weighted by Gasteiger charge is 2.20. The van der Waals surface area contributed by atoms with Crippen LogP contribution < -0.4 is 0 Å². The molecule has 2 unspecified atom stereocenters. The molecule has 0 saturated carbocycles. The molecule has 2 atom stereocenters. The summed E-state index contributed by atoms with van der Waals surface area (Å²) in [4.78, 5) is 10.6. The van der Waals surface area contributed by atoms with Crippen molar-refractivity contribution in [1.82, 2.24) is 0 Å².